The highest BCUT2D eigenvalue weighted by Crippen LogP contribution is 2.09. The summed E-state index contributed by atoms with van der Waals surface area (Å²) in [7, 11) is 0. The van der Waals surface area contributed by atoms with Crippen LogP contribution in [-0.2, 0) is 6.54 Å². The van der Waals surface area contributed by atoms with E-state index in [1.165, 1.54) is 18.5 Å². The van der Waals surface area contributed by atoms with Gasteiger partial charge in [0, 0.05) is 17.6 Å². The number of benzene rings is 1. The van der Waals surface area contributed by atoms with E-state index in [4.69, 9.17) is 11.6 Å². The second-order valence-electron chi connectivity index (χ2n) is 3.76. The Morgan fingerprint density at radius 1 is 1.28 bits per heavy atom. The summed E-state index contributed by atoms with van der Waals surface area (Å²) in [6.45, 7) is 0.393. The van der Waals surface area contributed by atoms with Gasteiger partial charge < -0.3 is 10.5 Å². The number of carbonyl (C=O) groups is 1. The molecular weight excluding hydrogens is 252 g/mol. The molecule has 0 atom stereocenters. The first-order valence-electron chi connectivity index (χ1n) is 5.36. The van der Waals surface area contributed by atoms with Crippen LogP contribution in [0.15, 0.2) is 48.8 Å². The Morgan fingerprint density at radius 2 is 2.00 bits per heavy atom. The van der Waals surface area contributed by atoms with Crippen LogP contribution in [0, 0.1) is 5.21 Å². The van der Waals surface area contributed by atoms with Crippen LogP contribution in [0.2, 0.25) is 5.02 Å². The number of hydrogen-bond donors (Lipinski definition) is 1. The number of nitrogens with zero attached hydrogens (tertiary/aromatic N) is 1. The SMILES string of the molecule is O=C(NCc1ccc(Cl)cc1)c1ccc[n+]([O-])c1. The largest absolute Gasteiger partial charge is 0.619 e. The summed E-state index contributed by atoms with van der Waals surface area (Å²) in [5.74, 6) is -0.282. The Kier molecular flexibility index (Phi) is 3.79. The van der Waals surface area contributed by atoms with Crippen molar-refractivity contribution >= 4 is 17.5 Å². The van der Waals surface area contributed by atoms with Gasteiger partial charge in [0.1, 0.15) is 5.56 Å². The predicted molar refractivity (Wildman–Crippen MR) is 68.0 cm³/mol. The standard InChI is InChI=1S/C13H11ClN2O2/c14-12-5-3-10(4-6-12)8-15-13(17)11-2-1-7-16(18)9-11/h1-7,9H,8H2,(H,15,17). The monoisotopic (exact) mass is 262 g/mol. The minimum Gasteiger partial charge on any atom is -0.619 e. The number of rotatable bonds is 3. The zero-order valence-electron chi connectivity index (χ0n) is 9.47. The van der Waals surface area contributed by atoms with Gasteiger partial charge in [0.2, 0.25) is 0 Å². The molecule has 18 heavy (non-hydrogen) atoms. The van der Waals surface area contributed by atoms with E-state index in [9.17, 15) is 10.0 Å². The number of aromatic nitrogens is 1. The lowest BCUT2D eigenvalue weighted by Gasteiger charge is -2.05. The highest BCUT2D eigenvalue weighted by Gasteiger charge is 2.07. The maximum absolute atomic E-state index is 11.7. The fourth-order valence-electron chi connectivity index (χ4n) is 1.48. The van der Waals surface area contributed by atoms with Crippen LogP contribution < -0.4 is 10.0 Å². The van der Waals surface area contributed by atoms with Crippen LogP contribution in [0.1, 0.15) is 15.9 Å². The summed E-state index contributed by atoms with van der Waals surface area (Å²) in [5.41, 5.74) is 1.28. The van der Waals surface area contributed by atoms with Crippen molar-refractivity contribution in [2.45, 2.75) is 6.54 Å². The lowest BCUT2D eigenvalue weighted by Crippen LogP contribution is -2.29. The van der Waals surface area contributed by atoms with Gasteiger partial charge in [-0.3, -0.25) is 4.79 Å². The van der Waals surface area contributed by atoms with Gasteiger partial charge in [-0.25, -0.2) is 0 Å². The van der Waals surface area contributed by atoms with E-state index in [-0.39, 0.29) is 5.91 Å². The molecule has 0 saturated carbocycles. The summed E-state index contributed by atoms with van der Waals surface area (Å²) in [6.07, 6.45) is 2.56. The van der Waals surface area contributed by atoms with E-state index < -0.39 is 0 Å². The molecule has 0 aliphatic carbocycles. The molecule has 0 aliphatic heterocycles. The van der Waals surface area contributed by atoms with Gasteiger partial charge in [0.05, 0.1) is 0 Å². The Balaban J connectivity index is 1.98. The molecule has 5 heteroatoms. The molecule has 1 heterocycles. The quantitative estimate of drug-likeness (QED) is 0.679. The number of carbonyl (C=O) groups excluding carboxylic acids is 1. The maximum Gasteiger partial charge on any atom is 0.257 e. The normalized spacial score (nSPS) is 10.1. The Morgan fingerprint density at radius 3 is 2.67 bits per heavy atom. The maximum atomic E-state index is 11.7. The molecule has 0 unspecified atom stereocenters. The minimum absolute atomic E-state index is 0.282. The first kappa shape index (κ1) is 12.4. The van der Waals surface area contributed by atoms with Gasteiger partial charge in [-0.2, -0.15) is 4.73 Å². The lowest BCUT2D eigenvalue weighted by molar-refractivity contribution is -0.605. The molecule has 2 aromatic rings. The smallest absolute Gasteiger partial charge is 0.257 e. The zero-order valence-corrected chi connectivity index (χ0v) is 10.2. The van der Waals surface area contributed by atoms with Crippen molar-refractivity contribution < 1.29 is 9.52 Å². The third-order valence-electron chi connectivity index (χ3n) is 2.40. The summed E-state index contributed by atoms with van der Waals surface area (Å²) in [6, 6.07) is 10.3. The van der Waals surface area contributed by atoms with E-state index in [0.717, 1.165) is 5.56 Å². The van der Waals surface area contributed by atoms with Crippen LogP contribution in [0.25, 0.3) is 0 Å². The van der Waals surface area contributed by atoms with Gasteiger partial charge in [-0.05, 0) is 23.8 Å². The van der Waals surface area contributed by atoms with Crippen LogP contribution >= 0.6 is 11.6 Å². The van der Waals surface area contributed by atoms with Crippen molar-refractivity contribution in [1.29, 1.82) is 0 Å². The van der Waals surface area contributed by atoms with Crippen molar-refractivity contribution in [3.63, 3.8) is 0 Å². The Hall–Kier alpha value is -2.07. The van der Waals surface area contributed by atoms with Crippen LogP contribution in [0.4, 0.5) is 0 Å². The third kappa shape index (κ3) is 3.21. The Labute approximate surface area is 109 Å². The second-order valence-corrected chi connectivity index (χ2v) is 4.20. The highest BCUT2D eigenvalue weighted by atomic mass is 35.5. The third-order valence-corrected chi connectivity index (χ3v) is 2.66. The molecule has 0 aliphatic rings. The van der Waals surface area contributed by atoms with Crippen LogP contribution in [0.3, 0.4) is 0 Å². The molecule has 1 amide bonds. The van der Waals surface area contributed by atoms with Gasteiger partial charge in [-0.1, -0.05) is 23.7 Å². The molecule has 0 saturated heterocycles. The van der Waals surface area contributed by atoms with E-state index in [0.29, 0.717) is 21.9 Å². The fourth-order valence-corrected chi connectivity index (χ4v) is 1.60. The second kappa shape index (κ2) is 5.51. The van der Waals surface area contributed by atoms with E-state index in [1.807, 2.05) is 12.1 Å². The number of amides is 1. The highest BCUT2D eigenvalue weighted by molar-refractivity contribution is 6.30. The minimum atomic E-state index is -0.282. The summed E-state index contributed by atoms with van der Waals surface area (Å²) in [4.78, 5) is 11.7. The first-order chi connectivity index (χ1) is 8.65. The first-order valence-corrected chi connectivity index (χ1v) is 5.74. The van der Waals surface area contributed by atoms with Crippen LogP contribution in [-0.4, -0.2) is 5.91 Å². The predicted octanol–water partition coefficient (Wildman–Crippen LogP) is 1.90. The molecule has 0 spiro atoms. The molecule has 0 fully saturated rings. The average Bonchev–Trinajstić information content (AvgIpc) is 2.38. The van der Waals surface area contributed by atoms with Gasteiger partial charge in [-0.15, -0.1) is 0 Å². The summed E-state index contributed by atoms with van der Waals surface area (Å²) < 4.78 is 0.594. The van der Waals surface area contributed by atoms with Crippen molar-refractivity contribution in [3.05, 3.63) is 70.1 Å². The van der Waals surface area contributed by atoms with Gasteiger partial charge in [0.25, 0.3) is 5.91 Å². The molecule has 1 N–H and O–H groups in total. The van der Waals surface area contributed by atoms with E-state index in [2.05, 4.69) is 5.32 Å². The number of hydrogen-bond acceptors (Lipinski definition) is 2. The van der Waals surface area contributed by atoms with Crippen molar-refractivity contribution in [1.82, 2.24) is 5.32 Å². The van der Waals surface area contributed by atoms with Gasteiger partial charge >= 0.3 is 0 Å². The number of halogens is 1. The zero-order chi connectivity index (χ0) is 13.0. The Bertz CT molecular complexity index is 555. The summed E-state index contributed by atoms with van der Waals surface area (Å²) in [5, 5.41) is 14.4. The molecule has 2 rings (SSSR count). The fraction of sp³-hybridized carbons (Fsp3) is 0.0769. The molecule has 1 aromatic heterocycles. The molecule has 0 radical (unpaired) electrons. The van der Waals surface area contributed by atoms with Gasteiger partial charge in [0.15, 0.2) is 12.4 Å². The van der Waals surface area contributed by atoms with E-state index in [1.54, 1.807) is 18.2 Å². The molecule has 0 bridgehead atoms. The molecular formula is C13H11ClN2O2. The van der Waals surface area contributed by atoms with Crippen molar-refractivity contribution in [3.8, 4) is 0 Å². The van der Waals surface area contributed by atoms with Crippen molar-refractivity contribution in [2.24, 2.45) is 0 Å². The molecule has 92 valence electrons. The average molecular weight is 263 g/mol. The van der Waals surface area contributed by atoms with Crippen LogP contribution in [0.5, 0.6) is 0 Å². The number of pyridine rings is 1. The summed E-state index contributed by atoms with van der Waals surface area (Å²) >= 11 is 5.76. The van der Waals surface area contributed by atoms with E-state index >= 15 is 0 Å². The molecule has 1 aromatic carbocycles. The lowest BCUT2D eigenvalue weighted by atomic mass is 10.2. The molecule has 4 nitrogen and oxygen atoms in total. The van der Waals surface area contributed by atoms with Crippen molar-refractivity contribution in [2.75, 3.05) is 0 Å². The number of nitrogens with one attached hydrogen (secondary N) is 1. The topological polar surface area (TPSA) is 56.0 Å².